The maximum Gasteiger partial charge on any atom is 0.234 e. The van der Waals surface area contributed by atoms with Gasteiger partial charge >= 0.3 is 0 Å². The molecule has 0 aliphatic rings. The fourth-order valence-electron chi connectivity index (χ4n) is 1.34. The van der Waals surface area contributed by atoms with Crippen molar-refractivity contribution in [2.75, 3.05) is 17.7 Å². The predicted molar refractivity (Wildman–Crippen MR) is 73.5 cm³/mol. The van der Waals surface area contributed by atoms with Crippen molar-refractivity contribution in [3.8, 4) is 0 Å². The number of hydrogen-bond acceptors (Lipinski definition) is 3. The molecule has 3 nitrogen and oxygen atoms in total. The van der Waals surface area contributed by atoms with Gasteiger partial charge in [0, 0.05) is 10.9 Å². The Bertz CT molecular complexity index is 368. The highest BCUT2D eigenvalue weighted by Gasteiger charge is 2.06. The quantitative estimate of drug-likeness (QED) is 0.818. The van der Waals surface area contributed by atoms with Crippen LogP contribution in [0.2, 0.25) is 0 Å². The highest BCUT2D eigenvalue weighted by Crippen LogP contribution is 2.13. The number of amides is 1. The van der Waals surface area contributed by atoms with Crippen LogP contribution in [0.3, 0.4) is 0 Å². The Kier molecular flexibility index (Phi) is 6.08. The summed E-state index contributed by atoms with van der Waals surface area (Å²) in [5, 5.41) is 11.8. The van der Waals surface area contributed by atoms with Gasteiger partial charge in [-0.3, -0.25) is 4.79 Å². The number of carbonyl (C=O) groups excluding carboxylic acids is 1. The molecule has 1 aromatic carbocycles. The molecule has 17 heavy (non-hydrogen) atoms. The molecule has 0 heterocycles. The van der Waals surface area contributed by atoms with Gasteiger partial charge in [0.1, 0.15) is 0 Å². The zero-order valence-corrected chi connectivity index (χ0v) is 11.1. The molecule has 0 saturated carbocycles. The summed E-state index contributed by atoms with van der Waals surface area (Å²) in [6, 6.07) is 7.85. The molecular formula is C13H19NO2S. The summed E-state index contributed by atoms with van der Waals surface area (Å²) in [4.78, 5) is 11.6. The molecule has 1 amide bonds. The molecule has 0 bridgehead atoms. The van der Waals surface area contributed by atoms with Crippen LogP contribution < -0.4 is 5.32 Å². The lowest BCUT2D eigenvalue weighted by Gasteiger charge is -2.09. The second kappa shape index (κ2) is 7.35. The van der Waals surface area contributed by atoms with Crippen molar-refractivity contribution in [3.05, 3.63) is 29.8 Å². The largest absolute Gasteiger partial charge is 0.395 e. The van der Waals surface area contributed by atoms with Crippen molar-refractivity contribution < 1.29 is 9.90 Å². The minimum atomic E-state index is -0.0245. The van der Waals surface area contributed by atoms with Crippen LogP contribution >= 0.6 is 11.8 Å². The molecule has 1 atom stereocenters. The third kappa shape index (κ3) is 5.24. The van der Waals surface area contributed by atoms with Gasteiger partial charge < -0.3 is 10.4 Å². The maximum absolute atomic E-state index is 11.6. The zero-order chi connectivity index (χ0) is 12.7. The van der Waals surface area contributed by atoms with Gasteiger partial charge in [-0.15, -0.1) is 11.8 Å². The molecule has 1 unspecified atom stereocenters. The first-order valence-electron chi connectivity index (χ1n) is 5.77. The molecule has 0 spiro atoms. The van der Waals surface area contributed by atoms with Crippen LogP contribution in [0, 0.1) is 0 Å². The fraction of sp³-hybridized carbons (Fsp3) is 0.462. The molecule has 1 rings (SSSR count). The Balaban J connectivity index is 2.44. The van der Waals surface area contributed by atoms with Crippen molar-refractivity contribution in [1.82, 2.24) is 0 Å². The number of thioether (sulfide) groups is 1. The Morgan fingerprint density at radius 1 is 1.53 bits per heavy atom. The van der Waals surface area contributed by atoms with Crippen LogP contribution in [0.15, 0.2) is 24.3 Å². The highest BCUT2D eigenvalue weighted by atomic mass is 32.2. The van der Waals surface area contributed by atoms with Crippen LogP contribution in [0.1, 0.15) is 19.4 Å². The zero-order valence-electron chi connectivity index (χ0n) is 10.3. The maximum atomic E-state index is 11.6. The Labute approximate surface area is 107 Å². The third-order valence-electron chi connectivity index (χ3n) is 2.38. The molecule has 0 aromatic heterocycles. The molecule has 0 aliphatic carbocycles. The first kappa shape index (κ1) is 14.1. The first-order valence-corrected chi connectivity index (χ1v) is 6.81. The topological polar surface area (TPSA) is 49.3 Å². The van der Waals surface area contributed by atoms with E-state index in [4.69, 9.17) is 5.11 Å². The number of aliphatic hydroxyl groups is 1. The Morgan fingerprint density at radius 2 is 2.29 bits per heavy atom. The number of benzene rings is 1. The molecule has 1 aromatic rings. The summed E-state index contributed by atoms with van der Waals surface area (Å²) in [6.07, 6.45) is 0.958. The van der Waals surface area contributed by atoms with Gasteiger partial charge in [-0.25, -0.2) is 0 Å². The second-order valence-corrected chi connectivity index (χ2v) is 5.33. The van der Waals surface area contributed by atoms with E-state index in [9.17, 15) is 4.79 Å². The number of carbonyl (C=O) groups is 1. The van der Waals surface area contributed by atoms with Crippen LogP contribution in [0.5, 0.6) is 0 Å². The predicted octanol–water partition coefficient (Wildman–Crippen LogP) is 2.30. The molecule has 0 fully saturated rings. The fourth-order valence-corrected chi connectivity index (χ4v) is 1.95. The summed E-state index contributed by atoms with van der Waals surface area (Å²) in [7, 11) is 0. The van der Waals surface area contributed by atoms with Crippen LogP contribution in [0.25, 0.3) is 0 Å². The van der Waals surface area contributed by atoms with E-state index in [-0.39, 0.29) is 17.8 Å². The first-order chi connectivity index (χ1) is 8.15. The van der Waals surface area contributed by atoms with Gasteiger partial charge in [-0.1, -0.05) is 26.0 Å². The Hall–Kier alpha value is -1.00. The Morgan fingerprint density at radius 3 is 2.94 bits per heavy atom. The molecule has 2 N–H and O–H groups in total. The standard InChI is InChI=1S/C13H19NO2S/c1-3-11-5-4-6-12(7-11)14-13(16)9-17-10(2)8-15/h4-7,10,15H,3,8-9H2,1-2H3,(H,14,16). The molecular weight excluding hydrogens is 234 g/mol. The van der Waals surface area contributed by atoms with Gasteiger partial charge in [0.2, 0.25) is 5.91 Å². The van der Waals surface area contributed by atoms with E-state index >= 15 is 0 Å². The number of aryl methyl sites for hydroxylation is 1. The van der Waals surface area contributed by atoms with Gasteiger partial charge in [0.15, 0.2) is 0 Å². The number of anilines is 1. The summed E-state index contributed by atoms with van der Waals surface area (Å²) in [5.41, 5.74) is 2.05. The lowest BCUT2D eigenvalue weighted by molar-refractivity contribution is -0.113. The van der Waals surface area contributed by atoms with E-state index in [1.54, 1.807) is 0 Å². The van der Waals surface area contributed by atoms with Crippen LogP contribution in [-0.4, -0.2) is 28.6 Å². The average molecular weight is 253 g/mol. The summed E-state index contributed by atoms with van der Waals surface area (Å²) in [5.74, 6) is 0.349. The van der Waals surface area contributed by atoms with E-state index in [0.29, 0.717) is 5.75 Å². The summed E-state index contributed by atoms with van der Waals surface area (Å²) in [6.45, 7) is 4.08. The van der Waals surface area contributed by atoms with E-state index in [0.717, 1.165) is 12.1 Å². The second-order valence-electron chi connectivity index (χ2n) is 3.91. The molecule has 4 heteroatoms. The SMILES string of the molecule is CCc1cccc(NC(=O)CSC(C)CO)c1. The van der Waals surface area contributed by atoms with Crippen molar-refractivity contribution in [1.29, 1.82) is 0 Å². The normalized spacial score (nSPS) is 12.2. The minimum absolute atomic E-state index is 0.0245. The van der Waals surface area contributed by atoms with Gasteiger partial charge in [0.25, 0.3) is 0 Å². The average Bonchev–Trinajstić information content (AvgIpc) is 2.36. The molecule has 94 valence electrons. The lowest BCUT2D eigenvalue weighted by Crippen LogP contribution is -2.16. The minimum Gasteiger partial charge on any atom is -0.395 e. The summed E-state index contributed by atoms with van der Waals surface area (Å²) < 4.78 is 0. The number of hydrogen-bond donors (Lipinski definition) is 2. The van der Waals surface area contributed by atoms with Gasteiger partial charge in [-0.05, 0) is 24.1 Å². The number of nitrogens with one attached hydrogen (secondary N) is 1. The smallest absolute Gasteiger partial charge is 0.234 e. The van der Waals surface area contributed by atoms with Crippen molar-refractivity contribution in [3.63, 3.8) is 0 Å². The summed E-state index contributed by atoms with van der Waals surface area (Å²) >= 11 is 1.45. The van der Waals surface area contributed by atoms with Crippen molar-refractivity contribution in [2.24, 2.45) is 0 Å². The molecule has 0 aliphatic heterocycles. The molecule has 0 radical (unpaired) electrons. The van der Waals surface area contributed by atoms with Crippen LogP contribution in [-0.2, 0) is 11.2 Å². The van der Waals surface area contributed by atoms with E-state index in [1.807, 2.05) is 31.2 Å². The van der Waals surface area contributed by atoms with Crippen LogP contribution in [0.4, 0.5) is 5.69 Å². The van der Waals surface area contributed by atoms with E-state index in [2.05, 4.69) is 12.2 Å². The monoisotopic (exact) mass is 253 g/mol. The highest BCUT2D eigenvalue weighted by molar-refractivity contribution is 8.00. The van der Waals surface area contributed by atoms with Gasteiger partial charge in [-0.2, -0.15) is 0 Å². The third-order valence-corrected chi connectivity index (χ3v) is 3.52. The van der Waals surface area contributed by atoms with Crippen molar-refractivity contribution in [2.45, 2.75) is 25.5 Å². The lowest BCUT2D eigenvalue weighted by atomic mass is 10.1. The number of rotatable bonds is 6. The van der Waals surface area contributed by atoms with E-state index in [1.165, 1.54) is 17.3 Å². The molecule has 0 saturated heterocycles. The number of aliphatic hydroxyl groups excluding tert-OH is 1. The van der Waals surface area contributed by atoms with Crippen molar-refractivity contribution >= 4 is 23.4 Å². The van der Waals surface area contributed by atoms with E-state index < -0.39 is 0 Å². The van der Waals surface area contributed by atoms with Gasteiger partial charge in [0.05, 0.1) is 12.4 Å².